The summed E-state index contributed by atoms with van der Waals surface area (Å²) in [7, 11) is 0. The number of rotatable bonds is 4. The Kier molecular flexibility index (Phi) is 3.59. The fraction of sp³-hybridized carbons (Fsp3) is 0.400. The summed E-state index contributed by atoms with van der Waals surface area (Å²) >= 11 is 0. The van der Waals surface area contributed by atoms with E-state index in [4.69, 9.17) is 4.74 Å². The Balaban J connectivity index is 1.64. The van der Waals surface area contributed by atoms with E-state index in [9.17, 15) is 24.5 Å². The monoisotopic (exact) mass is 318 g/mol. The number of hydrogen-bond acceptors (Lipinski definition) is 6. The van der Waals surface area contributed by atoms with Crippen molar-refractivity contribution < 1.29 is 24.0 Å². The zero-order valence-corrected chi connectivity index (χ0v) is 12.3. The smallest absolute Gasteiger partial charge is 0.337 e. The van der Waals surface area contributed by atoms with Crippen molar-refractivity contribution in [3.63, 3.8) is 0 Å². The van der Waals surface area contributed by atoms with E-state index in [1.165, 1.54) is 29.2 Å². The summed E-state index contributed by atoms with van der Waals surface area (Å²) in [5, 5.41) is 10.6. The number of benzene rings is 1. The minimum atomic E-state index is -1.16. The molecule has 0 bridgehead atoms. The maximum atomic E-state index is 12.1. The van der Waals surface area contributed by atoms with Crippen molar-refractivity contribution in [3.05, 3.63) is 39.9 Å². The quantitative estimate of drug-likeness (QED) is 0.267. The third kappa shape index (κ3) is 2.45. The number of carbonyl (C=O) groups excluding carboxylic acids is 3. The second-order valence-electron chi connectivity index (χ2n) is 5.70. The minimum absolute atomic E-state index is 0.0612. The molecule has 0 aliphatic carbocycles. The number of amides is 1. The number of ether oxygens (including phenoxy) is 1. The zero-order valence-electron chi connectivity index (χ0n) is 12.3. The van der Waals surface area contributed by atoms with E-state index in [1.54, 1.807) is 6.92 Å². The Labute approximate surface area is 131 Å². The number of hydrogen-bond donors (Lipinski definition) is 0. The number of nitrogens with zero attached hydrogens (tertiary/aromatic N) is 2. The van der Waals surface area contributed by atoms with Gasteiger partial charge in [-0.1, -0.05) is 6.92 Å². The van der Waals surface area contributed by atoms with E-state index in [0.29, 0.717) is 12.0 Å². The lowest BCUT2D eigenvalue weighted by Gasteiger charge is -2.37. The first kappa shape index (κ1) is 15.1. The lowest BCUT2D eigenvalue weighted by Crippen LogP contribution is -2.56. The van der Waals surface area contributed by atoms with Crippen LogP contribution in [0.1, 0.15) is 18.9 Å². The van der Waals surface area contributed by atoms with Crippen molar-refractivity contribution >= 4 is 23.3 Å². The Hall–Kier alpha value is -2.77. The van der Waals surface area contributed by atoms with Gasteiger partial charge in [-0.05, 0) is 17.7 Å². The summed E-state index contributed by atoms with van der Waals surface area (Å²) in [5.74, 6) is -1.63. The maximum Gasteiger partial charge on any atom is 0.337 e. The molecule has 2 fully saturated rings. The van der Waals surface area contributed by atoms with Gasteiger partial charge in [0, 0.05) is 24.5 Å². The van der Waals surface area contributed by atoms with Crippen LogP contribution in [0, 0.1) is 16.0 Å². The molecular weight excluding hydrogens is 304 g/mol. The van der Waals surface area contributed by atoms with Crippen LogP contribution in [0.15, 0.2) is 24.3 Å². The van der Waals surface area contributed by atoms with Crippen LogP contribution < -0.4 is 0 Å². The Morgan fingerprint density at radius 3 is 2.57 bits per heavy atom. The van der Waals surface area contributed by atoms with E-state index in [2.05, 4.69) is 0 Å². The van der Waals surface area contributed by atoms with Crippen molar-refractivity contribution in [1.82, 2.24) is 4.90 Å². The summed E-state index contributed by atoms with van der Waals surface area (Å²) in [6, 6.07) is 4.20. The highest BCUT2D eigenvalue weighted by molar-refractivity contribution is 6.11. The van der Waals surface area contributed by atoms with Crippen LogP contribution in [0.3, 0.4) is 0 Å². The molecule has 0 aromatic heterocycles. The van der Waals surface area contributed by atoms with Crippen LogP contribution >= 0.6 is 0 Å². The number of carbonyl (C=O) groups is 3. The molecule has 3 atom stereocenters. The van der Waals surface area contributed by atoms with Gasteiger partial charge in [-0.25, -0.2) is 4.79 Å². The summed E-state index contributed by atoms with van der Waals surface area (Å²) in [4.78, 5) is 47.2. The number of non-ortho nitro benzene ring substituents is 1. The van der Waals surface area contributed by atoms with Crippen LogP contribution in [0.4, 0.5) is 5.69 Å². The molecule has 1 unspecified atom stereocenters. The predicted octanol–water partition coefficient (Wildman–Crippen LogP) is 0.826. The van der Waals surface area contributed by atoms with Crippen molar-refractivity contribution in [3.8, 4) is 0 Å². The summed E-state index contributed by atoms with van der Waals surface area (Å²) < 4.78 is 5.11. The number of ketones is 1. The number of esters is 1. The summed E-state index contributed by atoms with van der Waals surface area (Å²) in [5.41, 5.74) is 0.503. The maximum absolute atomic E-state index is 12.1. The highest BCUT2D eigenvalue weighted by Gasteiger charge is 2.58. The molecule has 0 radical (unpaired) electrons. The molecule has 8 heteroatoms. The van der Waals surface area contributed by atoms with Gasteiger partial charge >= 0.3 is 5.97 Å². The van der Waals surface area contributed by atoms with Crippen LogP contribution in [0.2, 0.25) is 0 Å². The average Bonchev–Trinajstić information content (AvgIpc) is 2.73. The number of nitro benzene ring substituents is 1. The number of β-lactam (4-membered cyclic amide) rings is 1. The number of nitro groups is 1. The standard InChI is InChI=1S/C15H14N2O6/c1-8-11-6-12(18)16(11)13(14(8)19)15(20)23-7-9-2-4-10(5-3-9)17(21)22/h2-5,8,11,13H,6-7H2,1H3/t8-,11+,13?/m1/s1. The SMILES string of the molecule is C[C@H]1C(=O)C(C(=O)OCc2ccc([N+](=O)[O-])cc2)N2C(=O)C[C@@H]12. The minimum Gasteiger partial charge on any atom is -0.459 e. The molecule has 1 amide bonds. The second kappa shape index (κ2) is 5.45. The highest BCUT2D eigenvalue weighted by atomic mass is 16.6. The molecule has 2 saturated heterocycles. The molecule has 0 spiro atoms. The van der Waals surface area contributed by atoms with E-state index >= 15 is 0 Å². The molecule has 2 aliphatic heterocycles. The molecule has 23 heavy (non-hydrogen) atoms. The van der Waals surface area contributed by atoms with Gasteiger partial charge in [0.15, 0.2) is 11.8 Å². The molecule has 8 nitrogen and oxygen atoms in total. The molecule has 0 saturated carbocycles. The predicted molar refractivity (Wildman–Crippen MR) is 76.1 cm³/mol. The van der Waals surface area contributed by atoms with Crippen molar-refractivity contribution in [1.29, 1.82) is 0 Å². The van der Waals surface area contributed by atoms with Gasteiger partial charge in [-0.3, -0.25) is 19.7 Å². The van der Waals surface area contributed by atoms with Gasteiger partial charge in [-0.15, -0.1) is 0 Å². The van der Waals surface area contributed by atoms with Crippen LogP contribution in [-0.4, -0.2) is 39.6 Å². The lowest BCUT2D eigenvalue weighted by molar-refractivity contribution is -0.384. The van der Waals surface area contributed by atoms with E-state index in [0.717, 1.165) is 0 Å². The fourth-order valence-electron chi connectivity index (χ4n) is 2.96. The normalized spacial score (nSPS) is 25.8. The van der Waals surface area contributed by atoms with Crippen LogP contribution in [0.5, 0.6) is 0 Å². The summed E-state index contributed by atoms with van der Waals surface area (Å²) in [6.07, 6.45) is 0.291. The topological polar surface area (TPSA) is 107 Å². The van der Waals surface area contributed by atoms with Gasteiger partial charge < -0.3 is 9.64 Å². The van der Waals surface area contributed by atoms with E-state index in [1.807, 2.05) is 0 Å². The van der Waals surface area contributed by atoms with Gasteiger partial charge in [0.1, 0.15) is 6.61 Å². The third-order valence-corrected chi connectivity index (χ3v) is 4.35. The lowest BCUT2D eigenvalue weighted by atomic mass is 9.94. The Bertz CT molecular complexity index is 698. The number of Topliss-reactive ketones (excluding diaryl/α,β-unsaturated/α-hetero) is 1. The van der Waals surface area contributed by atoms with Gasteiger partial charge in [-0.2, -0.15) is 0 Å². The van der Waals surface area contributed by atoms with Crippen molar-refractivity contribution in [2.45, 2.75) is 32.0 Å². The average molecular weight is 318 g/mol. The van der Waals surface area contributed by atoms with Crippen molar-refractivity contribution in [2.75, 3.05) is 0 Å². The molecule has 0 N–H and O–H groups in total. The Morgan fingerprint density at radius 1 is 1.35 bits per heavy atom. The summed E-state index contributed by atoms with van der Waals surface area (Å²) in [6.45, 7) is 1.59. The highest BCUT2D eigenvalue weighted by Crippen LogP contribution is 2.37. The first-order chi connectivity index (χ1) is 10.9. The first-order valence-corrected chi connectivity index (χ1v) is 7.15. The molecule has 1 aromatic rings. The largest absolute Gasteiger partial charge is 0.459 e. The van der Waals surface area contributed by atoms with Crippen LogP contribution in [0.25, 0.3) is 0 Å². The molecule has 2 heterocycles. The first-order valence-electron chi connectivity index (χ1n) is 7.15. The Morgan fingerprint density at radius 2 is 2.00 bits per heavy atom. The molecule has 1 aromatic carbocycles. The van der Waals surface area contributed by atoms with Crippen LogP contribution in [-0.2, 0) is 25.7 Å². The van der Waals surface area contributed by atoms with E-state index in [-0.39, 0.29) is 35.9 Å². The third-order valence-electron chi connectivity index (χ3n) is 4.35. The second-order valence-corrected chi connectivity index (χ2v) is 5.70. The zero-order chi connectivity index (χ0) is 16.7. The van der Waals surface area contributed by atoms with Gasteiger partial charge in [0.2, 0.25) is 5.91 Å². The molecule has 3 rings (SSSR count). The molecular formula is C15H14N2O6. The molecule has 120 valence electrons. The fourth-order valence-corrected chi connectivity index (χ4v) is 2.96. The molecule has 2 aliphatic rings. The van der Waals surface area contributed by atoms with E-state index < -0.39 is 16.9 Å². The van der Waals surface area contributed by atoms with Crippen molar-refractivity contribution in [2.24, 2.45) is 5.92 Å². The number of fused-ring (bicyclic) bond motifs is 1. The van der Waals surface area contributed by atoms with Gasteiger partial charge in [0.25, 0.3) is 5.69 Å². The van der Waals surface area contributed by atoms with Gasteiger partial charge in [0.05, 0.1) is 11.0 Å².